The van der Waals surface area contributed by atoms with E-state index in [0.717, 1.165) is 35.1 Å². The second-order valence-electron chi connectivity index (χ2n) is 10.7. The molecule has 0 spiro atoms. The number of carbonyl (C=O) groups is 4. The molecule has 0 saturated carbocycles. The van der Waals surface area contributed by atoms with E-state index in [1.54, 1.807) is 36.4 Å². The molecule has 1 aliphatic rings. The third kappa shape index (κ3) is 6.19. The molecule has 38 heavy (non-hydrogen) atoms. The number of nitrogens with zero attached hydrogens (tertiary/aromatic N) is 2. The van der Waals surface area contributed by atoms with Gasteiger partial charge < -0.3 is 19.6 Å². The van der Waals surface area contributed by atoms with Crippen molar-refractivity contribution in [2.75, 3.05) is 64.0 Å². The van der Waals surface area contributed by atoms with Gasteiger partial charge in [0.15, 0.2) is 11.6 Å². The Morgan fingerprint density at radius 3 is 1.29 bits per heavy atom. The van der Waals surface area contributed by atoms with E-state index in [0.29, 0.717) is 37.3 Å². The Bertz CT molecular complexity index is 1130. The van der Waals surface area contributed by atoms with E-state index in [-0.39, 0.29) is 45.6 Å². The van der Waals surface area contributed by atoms with Crippen molar-refractivity contribution in [3.05, 3.63) is 58.7 Å². The van der Waals surface area contributed by atoms with Crippen LogP contribution in [0.3, 0.4) is 0 Å². The molecule has 8 heteroatoms. The number of hydrogen-bond acceptors (Lipinski definition) is 4. The first kappa shape index (κ1) is 29.2. The van der Waals surface area contributed by atoms with E-state index in [4.69, 9.17) is 0 Å². The van der Waals surface area contributed by atoms with Gasteiger partial charge in [-0.3, -0.25) is 19.2 Å². The zero-order valence-electron chi connectivity index (χ0n) is 23.6. The van der Waals surface area contributed by atoms with E-state index in [1.807, 2.05) is 0 Å². The number of nitrogens with one attached hydrogen (secondary N) is 2. The topological polar surface area (TPSA) is 92.3 Å². The van der Waals surface area contributed by atoms with Crippen LogP contribution in [0.25, 0.3) is 0 Å². The second-order valence-corrected chi connectivity index (χ2v) is 10.7. The first-order chi connectivity index (χ1) is 18.0. The Labute approximate surface area is 226 Å². The number of hydrogen-bond donors (Lipinski definition) is 2. The Morgan fingerprint density at radius 2 is 0.974 bits per heavy atom. The lowest BCUT2D eigenvalue weighted by Crippen LogP contribution is -2.45. The zero-order valence-corrected chi connectivity index (χ0v) is 23.6. The van der Waals surface area contributed by atoms with E-state index in [1.165, 1.54) is 0 Å². The molecule has 0 heterocycles. The predicted molar refractivity (Wildman–Crippen MR) is 151 cm³/mol. The van der Waals surface area contributed by atoms with Gasteiger partial charge in [-0.05, 0) is 39.8 Å². The quantitative estimate of drug-likeness (QED) is 0.351. The average molecular weight is 523 g/mol. The lowest BCUT2D eigenvalue weighted by Gasteiger charge is -2.32. The van der Waals surface area contributed by atoms with Crippen LogP contribution in [0.4, 0.5) is 11.4 Å². The third-order valence-corrected chi connectivity index (χ3v) is 8.43. The van der Waals surface area contributed by atoms with Crippen molar-refractivity contribution < 1.29 is 28.1 Å². The number of ketones is 2. The molecule has 2 aromatic rings. The fraction of sp³-hybridized carbons (Fsp3) is 0.467. The molecule has 0 aliphatic heterocycles. The van der Waals surface area contributed by atoms with Gasteiger partial charge in [0.05, 0.1) is 88.7 Å². The number of amides is 2. The summed E-state index contributed by atoms with van der Waals surface area (Å²) in [5, 5.41) is 5.74. The first-order valence-electron chi connectivity index (χ1n) is 13.6. The van der Waals surface area contributed by atoms with Gasteiger partial charge in [0.25, 0.3) is 0 Å². The van der Waals surface area contributed by atoms with Crippen LogP contribution in [-0.4, -0.2) is 85.7 Å². The van der Waals surface area contributed by atoms with Crippen molar-refractivity contribution in [1.82, 2.24) is 0 Å². The molecule has 0 aromatic heterocycles. The van der Waals surface area contributed by atoms with Gasteiger partial charge in [0.1, 0.15) is 0 Å². The Hall–Kier alpha value is -3.36. The smallest absolute Gasteiger partial charge is 0.230 e. The molecule has 0 radical (unpaired) electrons. The maximum Gasteiger partial charge on any atom is 0.230 e. The lowest BCUT2D eigenvalue weighted by molar-refractivity contribution is -0.905. The number of carbonyl (C=O) groups excluding carboxylic acids is 4. The fourth-order valence-electron chi connectivity index (χ4n) is 4.70. The molecule has 2 aromatic carbocycles. The number of fused-ring (bicyclic) bond motifs is 2. The number of benzene rings is 2. The largest absolute Gasteiger partial charge is 0.326 e. The average Bonchev–Trinajstić information content (AvgIpc) is 2.93. The lowest BCUT2D eigenvalue weighted by atomic mass is 9.82. The van der Waals surface area contributed by atoms with E-state index >= 15 is 0 Å². The van der Waals surface area contributed by atoms with Crippen molar-refractivity contribution in [1.29, 1.82) is 0 Å². The molecule has 3 rings (SSSR count). The number of rotatable bonds is 12. The summed E-state index contributed by atoms with van der Waals surface area (Å²) in [7, 11) is 4.22. The highest BCUT2D eigenvalue weighted by Crippen LogP contribution is 2.35. The summed E-state index contributed by atoms with van der Waals surface area (Å²) in [5.41, 5.74) is 1.53. The van der Waals surface area contributed by atoms with Crippen molar-refractivity contribution in [2.45, 2.75) is 40.5 Å². The summed E-state index contributed by atoms with van der Waals surface area (Å²) in [4.78, 5) is 52.8. The molecular weight excluding hydrogens is 480 g/mol. The molecule has 0 atom stereocenters. The van der Waals surface area contributed by atoms with Crippen molar-refractivity contribution in [3.8, 4) is 0 Å². The van der Waals surface area contributed by atoms with Crippen molar-refractivity contribution in [3.63, 3.8) is 0 Å². The summed E-state index contributed by atoms with van der Waals surface area (Å²) in [5.74, 6) is -1.07. The predicted octanol–water partition coefficient (Wildman–Crippen LogP) is 4.09. The Morgan fingerprint density at radius 1 is 0.632 bits per heavy atom. The molecule has 0 unspecified atom stereocenters. The molecular formula is C30H42N4O4+2. The monoisotopic (exact) mass is 522 g/mol. The summed E-state index contributed by atoms with van der Waals surface area (Å²) in [6.45, 7) is 13.4. The second kappa shape index (κ2) is 12.0. The van der Waals surface area contributed by atoms with Crippen LogP contribution in [0, 0.1) is 0 Å². The summed E-state index contributed by atoms with van der Waals surface area (Å²) in [6, 6.07) is 9.84. The van der Waals surface area contributed by atoms with Crippen molar-refractivity contribution in [2.24, 2.45) is 0 Å². The normalized spacial score (nSPS) is 13.1. The number of anilines is 2. The highest BCUT2D eigenvalue weighted by molar-refractivity contribution is 6.32. The third-order valence-electron chi connectivity index (χ3n) is 8.43. The van der Waals surface area contributed by atoms with E-state index < -0.39 is 0 Å². The van der Waals surface area contributed by atoms with Crippen LogP contribution in [0.1, 0.15) is 72.4 Å². The molecule has 0 fully saturated rings. The molecule has 0 saturated heterocycles. The molecule has 8 nitrogen and oxygen atoms in total. The maximum absolute atomic E-state index is 13.6. The van der Waals surface area contributed by atoms with Gasteiger partial charge in [-0.2, -0.15) is 0 Å². The number of quaternary nitrogens is 2. The minimum absolute atomic E-state index is 0.193. The van der Waals surface area contributed by atoms with Crippen LogP contribution < -0.4 is 10.6 Å². The minimum atomic E-state index is -0.342. The van der Waals surface area contributed by atoms with Crippen LogP contribution >= 0.6 is 0 Å². The van der Waals surface area contributed by atoms with Gasteiger partial charge in [-0.25, -0.2) is 0 Å². The zero-order chi connectivity index (χ0) is 28.1. The van der Waals surface area contributed by atoms with Gasteiger partial charge in [0, 0.05) is 11.1 Å². The summed E-state index contributed by atoms with van der Waals surface area (Å²) in [6.07, 6.45) is 0.620. The van der Waals surface area contributed by atoms with Gasteiger partial charge in [0.2, 0.25) is 11.8 Å². The standard InChI is InChI=1S/C30H40N4O4/c1-7-33(5,8-2)19-17-25(35)31-23-15-11-13-21-27(23)29(37)22-14-12-16-24(28(22)30(21)38)32-26(36)18-20-34(6,9-3)10-4/h11-16H,7-10,17-20H2,1-6H3/p+2. The highest BCUT2D eigenvalue weighted by atomic mass is 16.2. The minimum Gasteiger partial charge on any atom is -0.326 e. The van der Waals surface area contributed by atoms with E-state index in [9.17, 15) is 19.2 Å². The Kier molecular flexibility index (Phi) is 9.22. The van der Waals surface area contributed by atoms with Gasteiger partial charge in [-0.15, -0.1) is 0 Å². The summed E-state index contributed by atoms with van der Waals surface area (Å²) >= 11 is 0. The Balaban J connectivity index is 1.84. The van der Waals surface area contributed by atoms with Crippen LogP contribution in [0.2, 0.25) is 0 Å². The van der Waals surface area contributed by atoms with Crippen LogP contribution in [0.15, 0.2) is 36.4 Å². The summed E-state index contributed by atoms with van der Waals surface area (Å²) < 4.78 is 1.55. The van der Waals surface area contributed by atoms with Gasteiger partial charge >= 0.3 is 0 Å². The van der Waals surface area contributed by atoms with Crippen LogP contribution in [-0.2, 0) is 9.59 Å². The molecule has 1 aliphatic carbocycles. The molecule has 2 N–H and O–H groups in total. The molecule has 204 valence electrons. The highest BCUT2D eigenvalue weighted by Gasteiger charge is 2.34. The molecule has 2 amide bonds. The van der Waals surface area contributed by atoms with E-state index in [2.05, 4.69) is 52.4 Å². The van der Waals surface area contributed by atoms with Crippen LogP contribution in [0.5, 0.6) is 0 Å². The van der Waals surface area contributed by atoms with Gasteiger partial charge in [-0.1, -0.05) is 24.3 Å². The van der Waals surface area contributed by atoms with Crippen molar-refractivity contribution >= 4 is 34.8 Å². The molecule has 0 bridgehead atoms. The fourth-order valence-corrected chi connectivity index (χ4v) is 4.70. The SMILES string of the molecule is CC[N+](C)(CC)CCC(=O)Nc1cccc2c1C(=O)c1cccc(NC(=O)CC[N+](C)(CC)CC)c1C2=O. The first-order valence-corrected chi connectivity index (χ1v) is 13.6. The maximum atomic E-state index is 13.6.